The number of aromatic nitrogens is 1. The standard InChI is InChI=1S/C29H34FNO5S2/c1-7-38(35,36)18-20-8-13-23(28(33)21-9-11-22(30)12-10-21)25(14-20)26-16-31(6)27(32)15-24(26)19(2)17-37(34)29(3,4)5/h8-16,19H,7,17-18H2,1-6H3/t19-,37+/m0/s1. The number of carbonyl (C=O) groups excluding carboxylic acids is 1. The lowest BCUT2D eigenvalue weighted by Crippen LogP contribution is -2.27. The topological polar surface area (TPSA) is 90.3 Å². The van der Waals surface area contributed by atoms with Crippen LogP contribution in [0.15, 0.2) is 59.5 Å². The van der Waals surface area contributed by atoms with Gasteiger partial charge in [0, 0.05) is 63.1 Å². The molecule has 38 heavy (non-hydrogen) atoms. The minimum Gasteiger partial charge on any atom is -0.318 e. The average molecular weight is 560 g/mol. The molecule has 1 aromatic heterocycles. The van der Waals surface area contributed by atoms with E-state index in [1.54, 1.807) is 38.4 Å². The van der Waals surface area contributed by atoms with E-state index in [0.717, 1.165) is 0 Å². The molecular weight excluding hydrogens is 525 g/mol. The summed E-state index contributed by atoms with van der Waals surface area (Å²) in [4.78, 5) is 26.3. The molecule has 0 saturated carbocycles. The summed E-state index contributed by atoms with van der Waals surface area (Å²) in [5, 5.41) is 0. The normalized spacial score (nSPS) is 13.8. The van der Waals surface area contributed by atoms with Gasteiger partial charge in [-0.05, 0) is 73.7 Å². The van der Waals surface area contributed by atoms with Gasteiger partial charge in [-0.3, -0.25) is 13.8 Å². The molecule has 3 aromatic rings. The number of nitrogens with zero attached hydrogens (tertiary/aromatic N) is 1. The van der Waals surface area contributed by atoms with Crippen LogP contribution in [-0.2, 0) is 33.4 Å². The zero-order chi connectivity index (χ0) is 28.4. The Balaban J connectivity index is 2.27. The van der Waals surface area contributed by atoms with Crippen LogP contribution < -0.4 is 5.56 Å². The number of halogens is 1. The van der Waals surface area contributed by atoms with Crippen LogP contribution in [0, 0.1) is 5.82 Å². The second kappa shape index (κ2) is 11.5. The van der Waals surface area contributed by atoms with Gasteiger partial charge in [0.05, 0.1) is 5.75 Å². The third-order valence-corrected chi connectivity index (χ3v) is 10.2. The molecule has 1 heterocycles. The summed E-state index contributed by atoms with van der Waals surface area (Å²) >= 11 is 0. The molecule has 2 aromatic carbocycles. The second-order valence-electron chi connectivity index (χ2n) is 10.5. The molecule has 0 fully saturated rings. The third-order valence-electron chi connectivity index (χ3n) is 6.43. The molecule has 0 saturated heterocycles. The Bertz CT molecular complexity index is 1530. The van der Waals surface area contributed by atoms with Gasteiger partial charge in [-0.1, -0.05) is 26.0 Å². The monoisotopic (exact) mass is 559 g/mol. The van der Waals surface area contributed by atoms with Crippen molar-refractivity contribution in [2.24, 2.45) is 7.05 Å². The molecule has 0 aliphatic carbocycles. The van der Waals surface area contributed by atoms with E-state index in [4.69, 9.17) is 0 Å². The van der Waals surface area contributed by atoms with E-state index in [2.05, 4.69) is 0 Å². The first kappa shape index (κ1) is 29.6. The maximum absolute atomic E-state index is 13.6. The summed E-state index contributed by atoms with van der Waals surface area (Å²) in [5.41, 5.74) is 2.47. The molecule has 6 nitrogen and oxygen atoms in total. The van der Waals surface area contributed by atoms with Gasteiger partial charge in [0.25, 0.3) is 5.56 Å². The average Bonchev–Trinajstić information content (AvgIpc) is 2.84. The van der Waals surface area contributed by atoms with Gasteiger partial charge in [-0.15, -0.1) is 0 Å². The Morgan fingerprint density at radius 3 is 2.26 bits per heavy atom. The SMILES string of the molecule is CCS(=O)(=O)Cc1ccc(C(=O)c2ccc(F)cc2)c(-c2cn(C)c(=O)cc2[C@@H](C)C[S@@](=O)C(C)(C)C)c1. The Labute approximate surface area is 226 Å². The van der Waals surface area contributed by atoms with Crippen molar-refractivity contribution < 1.29 is 21.8 Å². The van der Waals surface area contributed by atoms with Crippen LogP contribution in [0.3, 0.4) is 0 Å². The largest absolute Gasteiger partial charge is 0.318 e. The summed E-state index contributed by atoms with van der Waals surface area (Å²) < 4.78 is 52.2. The first-order valence-electron chi connectivity index (χ1n) is 12.4. The van der Waals surface area contributed by atoms with Crippen molar-refractivity contribution in [3.8, 4) is 11.1 Å². The predicted molar refractivity (Wildman–Crippen MR) is 151 cm³/mol. The third kappa shape index (κ3) is 6.94. The van der Waals surface area contributed by atoms with Crippen molar-refractivity contribution in [3.05, 3.63) is 93.2 Å². The first-order chi connectivity index (χ1) is 17.6. The molecule has 3 rings (SSSR count). The molecular formula is C29H34FNO5S2. The number of benzene rings is 2. The van der Waals surface area contributed by atoms with E-state index >= 15 is 0 Å². The number of pyridine rings is 1. The highest BCUT2D eigenvalue weighted by atomic mass is 32.2. The summed E-state index contributed by atoms with van der Waals surface area (Å²) in [6.07, 6.45) is 1.63. The summed E-state index contributed by atoms with van der Waals surface area (Å²) in [7, 11) is -2.96. The Morgan fingerprint density at radius 1 is 1.05 bits per heavy atom. The van der Waals surface area contributed by atoms with Crippen LogP contribution in [0.25, 0.3) is 11.1 Å². The van der Waals surface area contributed by atoms with E-state index in [9.17, 15) is 26.6 Å². The number of sulfone groups is 1. The van der Waals surface area contributed by atoms with Gasteiger partial charge < -0.3 is 4.57 Å². The molecule has 0 aliphatic rings. The molecule has 0 bridgehead atoms. The molecule has 0 spiro atoms. The maximum Gasteiger partial charge on any atom is 0.250 e. The maximum atomic E-state index is 13.6. The Hall–Kier alpha value is -2.91. The predicted octanol–water partition coefficient (Wildman–Crippen LogP) is 5.01. The smallest absolute Gasteiger partial charge is 0.250 e. The molecule has 204 valence electrons. The van der Waals surface area contributed by atoms with Gasteiger partial charge in [0.2, 0.25) is 0 Å². The summed E-state index contributed by atoms with van der Waals surface area (Å²) in [5.74, 6) is -1.06. The Kier molecular flexibility index (Phi) is 8.93. The number of carbonyl (C=O) groups is 1. The number of hydrogen-bond donors (Lipinski definition) is 0. The van der Waals surface area contributed by atoms with E-state index in [0.29, 0.717) is 33.6 Å². The molecule has 0 N–H and O–H groups in total. The van der Waals surface area contributed by atoms with Crippen molar-refractivity contribution in [1.82, 2.24) is 4.57 Å². The lowest BCUT2D eigenvalue weighted by molar-refractivity contribution is 0.103. The van der Waals surface area contributed by atoms with Crippen LogP contribution in [0.2, 0.25) is 0 Å². The fourth-order valence-corrected chi connectivity index (χ4v) is 6.08. The highest BCUT2D eigenvalue weighted by molar-refractivity contribution is 7.90. The molecule has 9 heteroatoms. The van der Waals surface area contributed by atoms with E-state index in [1.807, 2.05) is 27.7 Å². The molecule has 0 amide bonds. The first-order valence-corrected chi connectivity index (χ1v) is 15.5. The number of ketones is 1. The highest BCUT2D eigenvalue weighted by Crippen LogP contribution is 2.34. The van der Waals surface area contributed by atoms with Crippen LogP contribution in [0.4, 0.5) is 4.39 Å². The van der Waals surface area contributed by atoms with E-state index < -0.39 is 31.2 Å². The van der Waals surface area contributed by atoms with Gasteiger partial charge in [0.1, 0.15) is 5.82 Å². The van der Waals surface area contributed by atoms with Gasteiger partial charge in [0.15, 0.2) is 15.6 Å². The van der Waals surface area contributed by atoms with Crippen molar-refractivity contribution in [3.63, 3.8) is 0 Å². The van der Waals surface area contributed by atoms with Crippen LogP contribution >= 0.6 is 0 Å². The number of hydrogen-bond acceptors (Lipinski definition) is 5. The summed E-state index contributed by atoms with van der Waals surface area (Å²) in [6.45, 7) is 9.12. The fourth-order valence-electron chi connectivity index (χ4n) is 4.06. The molecule has 0 aliphatic heterocycles. The molecule has 0 unspecified atom stereocenters. The second-order valence-corrected chi connectivity index (χ2v) is 15.1. The fraction of sp³-hybridized carbons (Fsp3) is 0.379. The number of rotatable bonds is 9. The number of aryl methyl sites for hydroxylation is 1. The minimum atomic E-state index is -3.36. The van der Waals surface area contributed by atoms with Gasteiger partial charge in [-0.25, -0.2) is 12.8 Å². The summed E-state index contributed by atoms with van der Waals surface area (Å²) in [6, 6.07) is 11.5. The lowest BCUT2D eigenvalue weighted by atomic mass is 9.88. The van der Waals surface area contributed by atoms with Crippen molar-refractivity contribution >= 4 is 26.4 Å². The lowest BCUT2D eigenvalue weighted by Gasteiger charge is -2.23. The molecule has 0 radical (unpaired) electrons. The van der Waals surface area contributed by atoms with Crippen molar-refractivity contribution in [2.45, 2.75) is 51.0 Å². The Morgan fingerprint density at radius 2 is 1.68 bits per heavy atom. The van der Waals surface area contributed by atoms with Crippen molar-refractivity contribution in [1.29, 1.82) is 0 Å². The quantitative estimate of drug-likeness (QED) is 0.344. The van der Waals surface area contributed by atoms with Gasteiger partial charge in [-0.2, -0.15) is 0 Å². The zero-order valence-electron chi connectivity index (χ0n) is 22.6. The van der Waals surface area contributed by atoms with Gasteiger partial charge >= 0.3 is 0 Å². The van der Waals surface area contributed by atoms with E-state index in [1.165, 1.54) is 34.9 Å². The highest BCUT2D eigenvalue weighted by Gasteiger charge is 2.26. The molecule has 2 atom stereocenters. The minimum absolute atomic E-state index is 0.0284. The van der Waals surface area contributed by atoms with Crippen LogP contribution in [-0.4, -0.2) is 39.2 Å². The van der Waals surface area contributed by atoms with Crippen LogP contribution in [0.1, 0.15) is 67.6 Å². The van der Waals surface area contributed by atoms with E-state index in [-0.39, 0.29) is 34.3 Å². The zero-order valence-corrected chi connectivity index (χ0v) is 24.2. The van der Waals surface area contributed by atoms with Crippen LogP contribution in [0.5, 0.6) is 0 Å². The van der Waals surface area contributed by atoms with Crippen molar-refractivity contribution in [2.75, 3.05) is 11.5 Å².